The van der Waals surface area contributed by atoms with E-state index >= 15 is 0 Å². The van der Waals surface area contributed by atoms with E-state index < -0.39 is 23.9 Å². The van der Waals surface area contributed by atoms with Crippen LogP contribution in [-0.2, 0) is 4.79 Å². The van der Waals surface area contributed by atoms with Crippen LogP contribution in [-0.4, -0.2) is 39.3 Å². The van der Waals surface area contributed by atoms with Crippen molar-refractivity contribution in [1.82, 2.24) is 20.4 Å². The predicted molar refractivity (Wildman–Crippen MR) is 65.8 cm³/mol. The van der Waals surface area contributed by atoms with E-state index in [1.807, 2.05) is 0 Å². The maximum absolute atomic E-state index is 11.7. The third-order valence-electron chi connectivity index (χ3n) is 2.50. The molecule has 1 rings (SSSR count). The van der Waals surface area contributed by atoms with Crippen molar-refractivity contribution in [2.24, 2.45) is 0 Å². The monoisotopic (exact) mass is 268 g/mol. The van der Waals surface area contributed by atoms with Crippen LogP contribution in [0.25, 0.3) is 0 Å². The van der Waals surface area contributed by atoms with E-state index in [0.717, 1.165) is 0 Å². The topological polar surface area (TPSA) is 113 Å². The first-order valence-electron chi connectivity index (χ1n) is 5.74. The standard InChI is InChI=1S/C11H16N4O4/c1-4-12-11(19)13-9(16)7(3)15-5-8(10(17)18)6(2)14-15/h5,7H,4H2,1-3H3,(H,17,18)(H2,12,13,16,19). The molecule has 19 heavy (non-hydrogen) atoms. The third-order valence-corrected chi connectivity index (χ3v) is 2.50. The number of imide groups is 1. The molecule has 0 bridgehead atoms. The van der Waals surface area contributed by atoms with Gasteiger partial charge in [-0.3, -0.25) is 14.8 Å². The van der Waals surface area contributed by atoms with Crippen molar-refractivity contribution in [3.63, 3.8) is 0 Å². The fraction of sp³-hybridized carbons (Fsp3) is 0.455. The fourth-order valence-electron chi connectivity index (χ4n) is 1.43. The third kappa shape index (κ3) is 3.54. The molecule has 0 saturated heterocycles. The maximum atomic E-state index is 11.7. The van der Waals surface area contributed by atoms with Crippen LogP contribution in [0.2, 0.25) is 0 Å². The molecule has 0 spiro atoms. The second-order valence-corrected chi connectivity index (χ2v) is 3.94. The van der Waals surface area contributed by atoms with Crippen LogP contribution in [0.3, 0.4) is 0 Å². The molecule has 8 heteroatoms. The van der Waals surface area contributed by atoms with E-state index in [9.17, 15) is 14.4 Å². The summed E-state index contributed by atoms with van der Waals surface area (Å²) in [7, 11) is 0. The lowest BCUT2D eigenvalue weighted by Gasteiger charge is -2.11. The number of carboxylic acids is 1. The molecule has 0 fully saturated rings. The normalized spacial score (nSPS) is 11.7. The number of nitrogens with one attached hydrogen (secondary N) is 2. The van der Waals surface area contributed by atoms with Crippen LogP contribution in [0.15, 0.2) is 6.20 Å². The SMILES string of the molecule is CCNC(=O)NC(=O)C(C)n1cc(C(=O)O)c(C)n1. The molecule has 0 aliphatic rings. The fourth-order valence-corrected chi connectivity index (χ4v) is 1.43. The largest absolute Gasteiger partial charge is 0.478 e. The first kappa shape index (κ1) is 14.7. The number of aromatic nitrogens is 2. The Balaban J connectivity index is 2.80. The second kappa shape index (κ2) is 5.98. The summed E-state index contributed by atoms with van der Waals surface area (Å²) in [5.74, 6) is -1.68. The van der Waals surface area contributed by atoms with Crippen molar-refractivity contribution in [2.45, 2.75) is 26.8 Å². The molecular weight excluding hydrogens is 252 g/mol. The van der Waals surface area contributed by atoms with Gasteiger partial charge in [-0.2, -0.15) is 5.10 Å². The number of rotatable bonds is 4. The highest BCUT2D eigenvalue weighted by Crippen LogP contribution is 2.11. The summed E-state index contributed by atoms with van der Waals surface area (Å²) in [4.78, 5) is 33.8. The average Bonchev–Trinajstić information content (AvgIpc) is 2.70. The summed E-state index contributed by atoms with van der Waals surface area (Å²) in [6, 6.07) is -1.38. The van der Waals surface area contributed by atoms with Gasteiger partial charge in [-0.05, 0) is 20.8 Å². The van der Waals surface area contributed by atoms with Gasteiger partial charge in [0.05, 0.1) is 5.69 Å². The number of nitrogens with zero attached hydrogens (tertiary/aromatic N) is 2. The highest BCUT2D eigenvalue weighted by molar-refractivity contribution is 5.96. The van der Waals surface area contributed by atoms with E-state index in [1.165, 1.54) is 24.7 Å². The number of aryl methyl sites for hydroxylation is 1. The highest BCUT2D eigenvalue weighted by atomic mass is 16.4. The van der Waals surface area contributed by atoms with E-state index in [2.05, 4.69) is 15.7 Å². The molecule has 1 aromatic rings. The Kier molecular flexibility index (Phi) is 4.62. The molecule has 0 aliphatic carbocycles. The van der Waals surface area contributed by atoms with Crippen molar-refractivity contribution in [3.05, 3.63) is 17.5 Å². The zero-order valence-corrected chi connectivity index (χ0v) is 10.9. The molecular formula is C11H16N4O4. The van der Waals surface area contributed by atoms with Gasteiger partial charge < -0.3 is 10.4 Å². The molecule has 1 aromatic heterocycles. The van der Waals surface area contributed by atoms with E-state index in [0.29, 0.717) is 12.2 Å². The van der Waals surface area contributed by atoms with Crippen molar-refractivity contribution < 1.29 is 19.5 Å². The molecule has 3 N–H and O–H groups in total. The molecule has 0 aromatic carbocycles. The van der Waals surface area contributed by atoms with Crippen molar-refractivity contribution in [3.8, 4) is 0 Å². The molecule has 104 valence electrons. The summed E-state index contributed by atoms with van der Waals surface area (Å²) < 4.78 is 1.22. The smallest absolute Gasteiger partial charge is 0.339 e. The van der Waals surface area contributed by atoms with Crippen LogP contribution < -0.4 is 10.6 Å². The lowest BCUT2D eigenvalue weighted by molar-refractivity contribution is -0.123. The van der Waals surface area contributed by atoms with E-state index in [1.54, 1.807) is 6.92 Å². The van der Waals surface area contributed by atoms with Gasteiger partial charge in [0.1, 0.15) is 11.6 Å². The molecule has 1 atom stereocenters. The van der Waals surface area contributed by atoms with Crippen molar-refractivity contribution in [2.75, 3.05) is 6.54 Å². The van der Waals surface area contributed by atoms with Crippen LogP contribution >= 0.6 is 0 Å². The summed E-state index contributed by atoms with van der Waals surface area (Å²) in [5, 5.41) is 17.4. The molecule has 0 aliphatic heterocycles. The van der Waals surface area contributed by atoms with Gasteiger partial charge in [0.2, 0.25) is 0 Å². The predicted octanol–water partition coefficient (Wildman–Crippen LogP) is 0.296. The molecule has 0 radical (unpaired) electrons. The van der Waals surface area contributed by atoms with Gasteiger partial charge in [0.25, 0.3) is 5.91 Å². The Morgan fingerprint density at radius 2 is 2.11 bits per heavy atom. The number of hydrogen-bond donors (Lipinski definition) is 3. The zero-order valence-electron chi connectivity index (χ0n) is 10.9. The molecule has 1 unspecified atom stereocenters. The first-order chi connectivity index (χ1) is 8.86. The lowest BCUT2D eigenvalue weighted by atomic mass is 10.3. The Morgan fingerprint density at radius 3 is 2.58 bits per heavy atom. The van der Waals surface area contributed by atoms with E-state index in [-0.39, 0.29) is 5.56 Å². The Morgan fingerprint density at radius 1 is 1.47 bits per heavy atom. The summed E-state index contributed by atoms with van der Waals surface area (Å²) in [6.45, 7) is 5.18. The zero-order chi connectivity index (χ0) is 14.6. The highest BCUT2D eigenvalue weighted by Gasteiger charge is 2.21. The molecule has 3 amide bonds. The van der Waals surface area contributed by atoms with Gasteiger partial charge in [-0.1, -0.05) is 0 Å². The molecule has 8 nitrogen and oxygen atoms in total. The lowest BCUT2D eigenvalue weighted by Crippen LogP contribution is -2.42. The van der Waals surface area contributed by atoms with E-state index in [4.69, 9.17) is 5.11 Å². The Hall–Kier alpha value is -2.38. The minimum atomic E-state index is -1.11. The Bertz CT molecular complexity index is 509. The second-order valence-electron chi connectivity index (χ2n) is 3.94. The minimum absolute atomic E-state index is 0.0256. The number of aromatic carboxylic acids is 1. The Labute approximate surface area is 109 Å². The van der Waals surface area contributed by atoms with Gasteiger partial charge in [-0.25, -0.2) is 9.59 Å². The minimum Gasteiger partial charge on any atom is -0.478 e. The molecule has 1 heterocycles. The van der Waals surface area contributed by atoms with Gasteiger partial charge in [0, 0.05) is 12.7 Å². The van der Waals surface area contributed by atoms with Crippen LogP contribution in [0, 0.1) is 6.92 Å². The summed E-state index contributed by atoms with van der Waals surface area (Å²) >= 11 is 0. The number of carboxylic acid groups (broad SMARTS) is 1. The molecule has 0 saturated carbocycles. The van der Waals surface area contributed by atoms with Crippen LogP contribution in [0.1, 0.15) is 35.9 Å². The van der Waals surface area contributed by atoms with Gasteiger partial charge in [-0.15, -0.1) is 0 Å². The maximum Gasteiger partial charge on any atom is 0.339 e. The summed E-state index contributed by atoms with van der Waals surface area (Å²) in [6.07, 6.45) is 1.26. The summed E-state index contributed by atoms with van der Waals surface area (Å²) in [5.41, 5.74) is 0.336. The number of carbonyl (C=O) groups is 3. The van der Waals surface area contributed by atoms with Gasteiger partial charge >= 0.3 is 12.0 Å². The number of amides is 3. The van der Waals surface area contributed by atoms with Crippen molar-refractivity contribution in [1.29, 1.82) is 0 Å². The quantitative estimate of drug-likeness (QED) is 0.726. The number of carbonyl (C=O) groups excluding carboxylic acids is 2. The first-order valence-corrected chi connectivity index (χ1v) is 5.74. The van der Waals surface area contributed by atoms with Crippen molar-refractivity contribution >= 4 is 17.9 Å². The van der Waals surface area contributed by atoms with Crippen LogP contribution in [0.5, 0.6) is 0 Å². The average molecular weight is 268 g/mol. The van der Waals surface area contributed by atoms with Crippen LogP contribution in [0.4, 0.5) is 4.79 Å². The number of urea groups is 1. The number of hydrogen-bond acceptors (Lipinski definition) is 4. The van der Waals surface area contributed by atoms with Gasteiger partial charge in [0.15, 0.2) is 0 Å².